The molecule has 0 aliphatic heterocycles. The second kappa shape index (κ2) is 5.20. The van der Waals surface area contributed by atoms with E-state index in [1.54, 1.807) is 13.0 Å². The molecule has 5 heteroatoms. The summed E-state index contributed by atoms with van der Waals surface area (Å²) in [6.07, 6.45) is -0.645. The Morgan fingerprint density at radius 1 is 1.50 bits per heavy atom. The summed E-state index contributed by atoms with van der Waals surface area (Å²) in [7, 11) is 0. The van der Waals surface area contributed by atoms with Crippen LogP contribution in [0.4, 0.5) is 0 Å². The number of benzene rings is 1. The molecule has 1 heterocycles. The fraction of sp³-hybridized carbons (Fsp3) is 0.308. The molecule has 5 N–H and O–H groups in total. The molecule has 1 aromatic heterocycles. The first-order valence-electron chi connectivity index (χ1n) is 5.87. The van der Waals surface area contributed by atoms with Gasteiger partial charge in [-0.2, -0.15) is 0 Å². The smallest absolute Gasteiger partial charge is 0.267 e. The van der Waals surface area contributed by atoms with Gasteiger partial charge in [-0.1, -0.05) is 18.2 Å². The maximum absolute atomic E-state index is 11.9. The summed E-state index contributed by atoms with van der Waals surface area (Å²) in [6, 6.07) is 9.00. The van der Waals surface area contributed by atoms with E-state index in [9.17, 15) is 9.90 Å². The number of H-pyrrole nitrogens is 1. The van der Waals surface area contributed by atoms with E-state index in [0.717, 1.165) is 10.9 Å². The first-order valence-corrected chi connectivity index (χ1v) is 5.87. The van der Waals surface area contributed by atoms with Gasteiger partial charge in [0.25, 0.3) is 5.91 Å². The van der Waals surface area contributed by atoms with E-state index < -0.39 is 12.1 Å². The molecule has 96 valence electrons. The Labute approximate surface area is 105 Å². The Morgan fingerprint density at radius 2 is 2.22 bits per heavy atom. The van der Waals surface area contributed by atoms with Gasteiger partial charge in [0, 0.05) is 23.5 Å². The van der Waals surface area contributed by atoms with Gasteiger partial charge < -0.3 is 21.1 Å². The number of amides is 1. The number of aliphatic hydroxyl groups excluding tert-OH is 1. The number of hydrogen-bond donors (Lipinski definition) is 4. The summed E-state index contributed by atoms with van der Waals surface area (Å²) < 4.78 is 0. The molecule has 0 spiro atoms. The molecule has 2 atom stereocenters. The van der Waals surface area contributed by atoms with E-state index in [4.69, 9.17) is 5.73 Å². The Morgan fingerprint density at radius 3 is 2.89 bits per heavy atom. The van der Waals surface area contributed by atoms with Crippen molar-refractivity contribution < 1.29 is 9.90 Å². The Kier molecular flexibility index (Phi) is 3.64. The summed E-state index contributed by atoms with van der Waals surface area (Å²) in [5.74, 6) is -0.220. The predicted molar refractivity (Wildman–Crippen MR) is 70.3 cm³/mol. The normalized spacial score (nSPS) is 14.4. The van der Waals surface area contributed by atoms with Crippen LogP contribution in [0.3, 0.4) is 0 Å². The third-order valence-electron chi connectivity index (χ3n) is 2.89. The number of fused-ring (bicyclic) bond motifs is 1. The zero-order chi connectivity index (χ0) is 13.1. The average molecular weight is 247 g/mol. The fourth-order valence-corrected chi connectivity index (χ4v) is 1.67. The number of aromatic amines is 1. The summed E-state index contributed by atoms with van der Waals surface area (Å²) in [4.78, 5) is 14.9. The van der Waals surface area contributed by atoms with Crippen LogP contribution in [0.1, 0.15) is 17.4 Å². The SMILES string of the molecule is CC(O)C(N)CNC(=O)c1cc2ccccc2[nH]1. The number of para-hydroxylation sites is 1. The molecule has 18 heavy (non-hydrogen) atoms. The summed E-state index contributed by atoms with van der Waals surface area (Å²) in [5.41, 5.74) is 7.06. The van der Waals surface area contributed by atoms with Crippen molar-refractivity contribution in [1.82, 2.24) is 10.3 Å². The lowest BCUT2D eigenvalue weighted by Gasteiger charge is -2.14. The van der Waals surface area contributed by atoms with Gasteiger partial charge >= 0.3 is 0 Å². The van der Waals surface area contributed by atoms with Gasteiger partial charge in [-0.3, -0.25) is 4.79 Å². The van der Waals surface area contributed by atoms with Crippen molar-refractivity contribution in [3.05, 3.63) is 36.0 Å². The van der Waals surface area contributed by atoms with E-state index in [0.29, 0.717) is 5.69 Å². The van der Waals surface area contributed by atoms with Gasteiger partial charge in [0.1, 0.15) is 5.69 Å². The molecule has 0 fully saturated rings. The number of hydrogen-bond acceptors (Lipinski definition) is 3. The number of nitrogens with one attached hydrogen (secondary N) is 2. The van der Waals surface area contributed by atoms with Crippen LogP contribution in [0.2, 0.25) is 0 Å². The van der Waals surface area contributed by atoms with Crippen LogP contribution in [-0.2, 0) is 0 Å². The van der Waals surface area contributed by atoms with Gasteiger partial charge in [0.15, 0.2) is 0 Å². The summed E-state index contributed by atoms with van der Waals surface area (Å²) >= 11 is 0. The first kappa shape index (κ1) is 12.6. The molecule has 0 radical (unpaired) electrons. The molecular formula is C13H17N3O2. The van der Waals surface area contributed by atoms with Crippen molar-refractivity contribution in [2.24, 2.45) is 5.73 Å². The second-order valence-corrected chi connectivity index (χ2v) is 4.38. The maximum atomic E-state index is 11.9. The van der Waals surface area contributed by atoms with Gasteiger partial charge in [-0.05, 0) is 19.1 Å². The lowest BCUT2D eigenvalue weighted by molar-refractivity contribution is 0.0933. The van der Waals surface area contributed by atoms with E-state index in [2.05, 4.69) is 10.3 Å². The van der Waals surface area contributed by atoms with Crippen molar-refractivity contribution in [2.45, 2.75) is 19.1 Å². The number of carbonyl (C=O) groups is 1. The van der Waals surface area contributed by atoms with Crippen molar-refractivity contribution in [2.75, 3.05) is 6.54 Å². The van der Waals surface area contributed by atoms with Crippen molar-refractivity contribution >= 4 is 16.8 Å². The average Bonchev–Trinajstić information content (AvgIpc) is 2.79. The lowest BCUT2D eigenvalue weighted by atomic mass is 10.2. The molecule has 1 aromatic carbocycles. The van der Waals surface area contributed by atoms with Crippen LogP contribution in [0.5, 0.6) is 0 Å². The third-order valence-corrected chi connectivity index (χ3v) is 2.89. The standard InChI is InChI=1S/C13H17N3O2/c1-8(17)10(14)7-15-13(18)12-6-9-4-2-3-5-11(9)16-12/h2-6,8,10,16-17H,7,14H2,1H3,(H,15,18). The largest absolute Gasteiger partial charge is 0.392 e. The summed E-state index contributed by atoms with van der Waals surface area (Å²) in [5, 5.41) is 12.9. The van der Waals surface area contributed by atoms with Crippen molar-refractivity contribution in [3.8, 4) is 0 Å². The third kappa shape index (κ3) is 2.69. The lowest BCUT2D eigenvalue weighted by Crippen LogP contribution is -2.43. The highest BCUT2D eigenvalue weighted by Crippen LogP contribution is 2.14. The minimum Gasteiger partial charge on any atom is -0.392 e. The molecule has 2 aromatic rings. The number of carbonyl (C=O) groups excluding carboxylic acids is 1. The summed E-state index contributed by atoms with van der Waals surface area (Å²) in [6.45, 7) is 1.84. The topological polar surface area (TPSA) is 91.1 Å². The number of aromatic nitrogens is 1. The highest BCUT2D eigenvalue weighted by atomic mass is 16.3. The molecule has 1 amide bonds. The van der Waals surface area contributed by atoms with Crippen LogP contribution < -0.4 is 11.1 Å². The first-order chi connectivity index (χ1) is 8.58. The molecule has 2 rings (SSSR count). The second-order valence-electron chi connectivity index (χ2n) is 4.38. The minimum absolute atomic E-state index is 0.220. The molecule has 0 aliphatic rings. The van der Waals surface area contributed by atoms with Crippen molar-refractivity contribution in [1.29, 1.82) is 0 Å². The van der Waals surface area contributed by atoms with E-state index in [1.165, 1.54) is 0 Å². The quantitative estimate of drug-likeness (QED) is 0.638. The molecule has 0 saturated carbocycles. The predicted octanol–water partition coefficient (Wildman–Crippen LogP) is 0.606. The highest BCUT2D eigenvalue weighted by molar-refractivity contribution is 5.97. The molecule has 2 unspecified atom stereocenters. The molecule has 5 nitrogen and oxygen atoms in total. The zero-order valence-corrected chi connectivity index (χ0v) is 10.2. The van der Waals surface area contributed by atoms with Crippen LogP contribution >= 0.6 is 0 Å². The Bertz CT molecular complexity index is 515. The molecule has 0 saturated heterocycles. The number of rotatable bonds is 4. The number of nitrogens with two attached hydrogens (primary N) is 1. The van der Waals surface area contributed by atoms with Crippen LogP contribution in [0.25, 0.3) is 10.9 Å². The highest BCUT2D eigenvalue weighted by Gasteiger charge is 2.13. The molecular weight excluding hydrogens is 230 g/mol. The van der Waals surface area contributed by atoms with Gasteiger partial charge in [-0.15, -0.1) is 0 Å². The van der Waals surface area contributed by atoms with E-state index in [1.807, 2.05) is 24.3 Å². The van der Waals surface area contributed by atoms with E-state index >= 15 is 0 Å². The maximum Gasteiger partial charge on any atom is 0.267 e. The van der Waals surface area contributed by atoms with E-state index in [-0.39, 0.29) is 12.5 Å². The van der Waals surface area contributed by atoms with Crippen molar-refractivity contribution in [3.63, 3.8) is 0 Å². The molecule has 0 bridgehead atoms. The Balaban J connectivity index is 2.05. The number of aliphatic hydroxyl groups is 1. The zero-order valence-electron chi connectivity index (χ0n) is 10.2. The van der Waals surface area contributed by atoms with Crippen LogP contribution in [0.15, 0.2) is 30.3 Å². The molecule has 0 aliphatic carbocycles. The Hall–Kier alpha value is -1.85. The van der Waals surface area contributed by atoms with Gasteiger partial charge in [-0.25, -0.2) is 0 Å². The minimum atomic E-state index is -0.645. The van der Waals surface area contributed by atoms with Gasteiger partial charge in [0.2, 0.25) is 0 Å². The van der Waals surface area contributed by atoms with Gasteiger partial charge in [0.05, 0.1) is 6.10 Å². The fourth-order valence-electron chi connectivity index (χ4n) is 1.67. The van der Waals surface area contributed by atoms with Crippen LogP contribution in [0, 0.1) is 0 Å². The monoisotopic (exact) mass is 247 g/mol. The van der Waals surface area contributed by atoms with Crippen LogP contribution in [-0.4, -0.2) is 34.7 Å².